The Balaban J connectivity index is 2.95. The molecule has 0 aliphatic carbocycles. The molecular weight excluding hydrogens is 252 g/mol. The van der Waals surface area contributed by atoms with Crippen molar-refractivity contribution in [2.24, 2.45) is 0 Å². The van der Waals surface area contributed by atoms with Crippen LogP contribution in [-0.2, 0) is 0 Å². The van der Waals surface area contributed by atoms with E-state index in [1.165, 1.54) is 0 Å². The van der Waals surface area contributed by atoms with Crippen molar-refractivity contribution in [1.82, 2.24) is 0 Å². The summed E-state index contributed by atoms with van der Waals surface area (Å²) < 4.78 is 0.923. The van der Waals surface area contributed by atoms with Crippen molar-refractivity contribution in [1.29, 1.82) is 0 Å². The second kappa shape index (κ2) is 5.66. The maximum Gasteiger partial charge on any atom is 0.188 e. The van der Waals surface area contributed by atoms with E-state index in [9.17, 15) is 4.79 Å². The average Bonchev–Trinajstić information content (AvgIpc) is 2.24. The number of Topliss-reactive ketones (excluding diaryl/α,β-unsaturated/α-hetero) is 1. The van der Waals surface area contributed by atoms with Crippen LogP contribution in [0.1, 0.15) is 24.2 Å². The lowest BCUT2D eigenvalue weighted by Gasteiger charge is -2.00. The zero-order valence-electron chi connectivity index (χ0n) is 8.83. The van der Waals surface area contributed by atoms with E-state index in [0.717, 1.165) is 10.0 Å². The van der Waals surface area contributed by atoms with E-state index < -0.39 is 0 Å². The van der Waals surface area contributed by atoms with Gasteiger partial charge in [-0.15, -0.1) is 0 Å². The number of carbonyl (C=O) groups excluding carboxylic acids is 1. The molecule has 0 heterocycles. The van der Waals surface area contributed by atoms with Gasteiger partial charge in [-0.3, -0.25) is 4.79 Å². The van der Waals surface area contributed by atoms with E-state index in [1.54, 1.807) is 0 Å². The Labute approximate surface area is 98.6 Å². The van der Waals surface area contributed by atoms with Gasteiger partial charge in [0.2, 0.25) is 0 Å². The second-order valence-electron chi connectivity index (χ2n) is 3.21. The van der Waals surface area contributed by atoms with Gasteiger partial charge in [-0.2, -0.15) is 0 Å². The minimum Gasteiger partial charge on any atom is -0.289 e. The fraction of sp³-hybridized carbons (Fsp3) is 0.154. The number of halogens is 1. The van der Waals surface area contributed by atoms with Gasteiger partial charge in [0.1, 0.15) is 0 Å². The lowest BCUT2D eigenvalue weighted by atomic mass is 10.0. The molecule has 1 aromatic rings. The van der Waals surface area contributed by atoms with Crippen molar-refractivity contribution in [3.05, 3.63) is 58.1 Å². The molecule has 15 heavy (non-hydrogen) atoms. The first-order valence-corrected chi connectivity index (χ1v) is 5.54. The molecule has 0 amide bonds. The highest BCUT2D eigenvalue weighted by Gasteiger charge is 2.06. The van der Waals surface area contributed by atoms with Crippen molar-refractivity contribution in [2.45, 2.75) is 13.8 Å². The second-order valence-corrected chi connectivity index (χ2v) is 4.13. The largest absolute Gasteiger partial charge is 0.289 e. The highest BCUT2D eigenvalue weighted by Crippen LogP contribution is 2.14. The zero-order chi connectivity index (χ0) is 11.3. The number of carbonyl (C=O) groups is 1. The lowest BCUT2D eigenvalue weighted by Crippen LogP contribution is -1.99. The highest BCUT2D eigenvalue weighted by atomic mass is 79.9. The van der Waals surface area contributed by atoms with Crippen LogP contribution in [0, 0.1) is 0 Å². The van der Waals surface area contributed by atoms with Gasteiger partial charge in [-0.1, -0.05) is 46.3 Å². The number of hydrogen-bond donors (Lipinski definition) is 0. The van der Waals surface area contributed by atoms with Crippen molar-refractivity contribution < 1.29 is 4.79 Å². The minimum atomic E-state index is 0.0643. The van der Waals surface area contributed by atoms with Crippen molar-refractivity contribution >= 4 is 21.7 Å². The maximum atomic E-state index is 11.9. The first-order valence-electron chi connectivity index (χ1n) is 4.75. The summed E-state index contributed by atoms with van der Waals surface area (Å²) in [5.74, 6) is 0.0643. The maximum absolute atomic E-state index is 11.9. The topological polar surface area (TPSA) is 17.1 Å². The predicted octanol–water partition coefficient (Wildman–Crippen LogP) is 4.15. The molecule has 78 valence electrons. The molecule has 0 aromatic heterocycles. The molecule has 1 nitrogen and oxygen atoms in total. The molecule has 0 atom stereocenters. The Morgan fingerprint density at radius 3 is 2.73 bits per heavy atom. The molecule has 0 spiro atoms. The molecule has 2 heteroatoms. The normalized spacial score (nSPS) is 12.1. The van der Waals surface area contributed by atoms with Crippen LogP contribution in [0.2, 0.25) is 0 Å². The quantitative estimate of drug-likeness (QED) is 0.455. The summed E-state index contributed by atoms with van der Waals surface area (Å²) in [5, 5.41) is 0. The predicted molar refractivity (Wildman–Crippen MR) is 67.0 cm³/mol. The first kappa shape index (κ1) is 11.9. The van der Waals surface area contributed by atoms with E-state index in [1.807, 2.05) is 56.3 Å². The van der Waals surface area contributed by atoms with Crippen LogP contribution in [0.3, 0.4) is 0 Å². The molecule has 0 saturated carbocycles. The molecule has 0 bridgehead atoms. The van der Waals surface area contributed by atoms with E-state index in [4.69, 9.17) is 0 Å². The number of ketones is 1. The van der Waals surface area contributed by atoms with Gasteiger partial charge in [0.25, 0.3) is 0 Å². The van der Waals surface area contributed by atoms with Gasteiger partial charge in [-0.05, 0) is 31.6 Å². The van der Waals surface area contributed by atoms with Gasteiger partial charge >= 0.3 is 0 Å². The highest BCUT2D eigenvalue weighted by molar-refractivity contribution is 9.10. The van der Waals surface area contributed by atoms with Crippen LogP contribution >= 0.6 is 15.9 Å². The Bertz CT molecular complexity index is 416. The fourth-order valence-corrected chi connectivity index (χ4v) is 1.57. The number of benzene rings is 1. The third kappa shape index (κ3) is 3.48. The van der Waals surface area contributed by atoms with Crippen LogP contribution in [0.5, 0.6) is 0 Å². The van der Waals surface area contributed by atoms with Crippen molar-refractivity contribution in [3.63, 3.8) is 0 Å². The monoisotopic (exact) mass is 264 g/mol. The van der Waals surface area contributed by atoms with Crippen molar-refractivity contribution in [3.8, 4) is 0 Å². The molecule has 0 aliphatic rings. The summed E-state index contributed by atoms with van der Waals surface area (Å²) in [7, 11) is 0. The standard InChI is InChI=1S/C13H13BrO/c1-3-4-6-10(2)13(15)11-7-5-8-12(14)9-11/h3-9H,1-2H3/b4-3-,10-6+. The molecule has 0 radical (unpaired) electrons. The van der Waals surface area contributed by atoms with Gasteiger partial charge in [0.05, 0.1) is 0 Å². The molecule has 1 rings (SSSR count). The Kier molecular flexibility index (Phi) is 4.50. The van der Waals surface area contributed by atoms with Crippen LogP contribution < -0.4 is 0 Å². The summed E-state index contributed by atoms with van der Waals surface area (Å²) in [4.78, 5) is 11.9. The average molecular weight is 265 g/mol. The van der Waals surface area contributed by atoms with E-state index in [-0.39, 0.29) is 5.78 Å². The Morgan fingerprint density at radius 1 is 1.40 bits per heavy atom. The molecular formula is C13H13BrO. The van der Waals surface area contributed by atoms with Crippen LogP contribution in [0.25, 0.3) is 0 Å². The van der Waals surface area contributed by atoms with E-state index in [2.05, 4.69) is 15.9 Å². The molecule has 0 fully saturated rings. The van der Waals surface area contributed by atoms with Crippen molar-refractivity contribution in [2.75, 3.05) is 0 Å². The summed E-state index contributed by atoms with van der Waals surface area (Å²) in [6, 6.07) is 7.41. The molecule has 0 aliphatic heterocycles. The first-order chi connectivity index (χ1) is 7.15. The van der Waals surface area contributed by atoms with Gasteiger partial charge in [0.15, 0.2) is 5.78 Å². The van der Waals surface area contributed by atoms with Crippen LogP contribution in [0.15, 0.2) is 52.5 Å². The van der Waals surface area contributed by atoms with Crippen LogP contribution in [0.4, 0.5) is 0 Å². The summed E-state index contributed by atoms with van der Waals surface area (Å²) in [6.07, 6.45) is 5.59. The SMILES string of the molecule is C/C=C\C=C(/C)C(=O)c1cccc(Br)c1. The third-order valence-electron chi connectivity index (χ3n) is 1.98. The zero-order valence-corrected chi connectivity index (χ0v) is 10.4. The Morgan fingerprint density at radius 2 is 2.13 bits per heavy atom. The molecule has 1 aromatic carbocycles. The number of allylic oxidation sites excluding steroid dienone is 4. The molecule has 0 N–H and O–H groups in total. The van der Waals surface area contributed by atoms with Gasteiger partial charge in [0, 0.05) is 10.0 Å². The lowest BCUT2D eigenvalue weighted by molar-refractivity contribution is 0.103. The molecule has 0 saturated heterocycles. The molecule has 0 unspecified atom stereocenters. The fourth-order valence-electron chi connectivity index (χ4n) is 1.17. The Hall–Kier alpha value is -1.15. The summed E-state index contributed by atoms with van der Waals surface area (Å²) >= 11 is 3.35. The smallest absolute Gasteiger partial charge is 0.188 e. The third-order valence-corrected chi connectivity index (χ3v) is 2.48. The van der Waals surface area contributed by atoms with Gasteiger partial charge in [-0.25, -0.2) is 0 Å². The summed E-state index contributed by atoms with van der Waals surface area (Å²) in [6.45, 7) is 3.75. The van der Waals surface area contributed by atoms with Gasteiger partial charge < -0.3 is 0 Å². The van der Waals surface area contributed by atoms with Crippen LogP contribution in [-0.4, -0.2) is 5.78 Å². The van der Waals surface area contributed by atoms with E-state index in [0.29, 0.717) is 5.56 Å². The summed E-state index contributed by atoms with van der Waals surface area (Å²) in [5.41, 5.74) is 1.45. The minimum absolute atomic E-state index is 0.0643. The van der Waals surface area contributed by atoms with E-state index >= 15 is 0 Å². The number of hydrogen-bond acceptors (Lipinski definition) is 1. The number of rotatable bonds is 3.